The highest BCUT2D eigenvalue weighted by molar-refractivity contribution is 5.86. The maximum absolute atomic E-state index is 13.4. The minimum Gasteiger partial charge on any atom is -0.462 e. The molecule has 10 nitrogen and oxygen atoms in total. The Labute approximate surface area is 245 Å². The summed E-state index contributed by atoms with van der Waals surface area (Å²) in [5, 5.41) is 18.4. The molecule has 4 N–H and O–H groups in total. The van der Waals surface area contributed by atoms with E-state index in [4.69, 9.17) is 9.47 Å². The molecule has 42 heavy (non-hydrogen) atoms. The highest BCUT2D eigenvalue weighted by Gasteiger charge is 2.36. The van der Waals surface area contributed by atoms with Crippen LogP contribution in [0.1, 0.15) is 62.1 Å². The molecule has 3 atom stereocenters. The van der Waals surface area contributed by atoms with Crippen LogP contribution in [0.2, 0.25) is 0 Å². The number of alkyl carbamates (subject to hydrolysis) is 1. The first-order valence-corrected chi connectivity index (χ1v) is 14.4. The maximum Gasteiger partial charge on any atom is 0.408 e. The molecule has 0 aromatic heterocycles. The molecular formula is C32H39N3O7. The van der Waals surface area contributed by atoms with Crippen molar-refractivity contribution in [3.05, 3.63) is 83.9 Å². The molecule has 2 aliphatic rings. The number of rotatable bonds is 8. The van der Waals surface area contributed by atoms with E-state index in [1.54, 1.807) is 12.2 Å². The first-order chi connectivity index (χ1) is 20.4. The lowest BCUT2D eigenvalue weighted by Crippen LogP contribution is -2.50. The van der Waals surface area contributed by atoms with E-state index >= 15 is 0 Å². The van der Waals surface area contributed by atoms with Crippen molar-refractivity contribution < 1.29 is 33.8 Å². The molecule has 224 valence electrons. The van der Waals surface area contributed by atoms with Crippen molar-refractivity contribution in [1.82, 2.24) is 16.0 Å². The minimum atomic E-state index is -1.01. The first-order valence-electron chi connectivity index (χ1n) is 14.4. The van der Waals surface area contributed by atoms with Gasteiger partial charge in [0, 0.05) is 6.42 Å². The van der Waals surface area contributed by atoms with Crippen LogP contribution in [0.25, 0.3) is 0 Å². The van der Waals surface area contributed by atoms with E-state index in [2.05, 4.69) is 16.0 Å². The summed E-state index contributed by atoms with van der Waals surface area (Å²) in [6.07, 6.45) is 6.22. The van der Waals surface area contributed by atoms with Crippen LogP contribution in [0.3, 0.4) is 0 Å². The predicted molar refractivity (Wildman–Crippen MR) is 155 cm³/mol. The summed E-state index contributed by atoms with van der Waals surface area (Å²) in [6, 6.07) is 16.6. The van der Waals surface area contributed by atoms with Crippen molar-refractivity contribution in [3.63, 3.8) is 0 Å². The summed E-state index contributed by atoms with van der Waals surface area (Å²) in [5.41, 5.74) is 0.901. The molecule has 10 heteroatoms. The smallest absolute Gasteiger partial charge is 0.408 e. The van der Waals surface area contributed by atoms with Gasteiger partial charge in [0.25, 0.3) is 0 Å². The van der Waals surface area contributed by atoms with Crippen molar-refractivity contribution in [2.24, 2.45) is 5.92 Å². The number of benzene rings is 2. The van der Waals surface area contributed by atoms with E-state index in [1.165, 1.54) is 0 Å². The van der Waals surface area contributed by atoms with E-state index in [0.29, 0.717) is 12.8 Å². The molecule has 0 unspecified atom stereocenters. The van der Waals surface area contributed by atoms with E-state index in [0.717, 1.165) is 24.0 Å². The fourth-order valence-electron chi connectivity index (χ4n) is 5.30. The minimum absolute atomic E-state index is 0.0493. The lowest BCUT2D eigenvalue weighted by Gasteiger charge is -2.29. The van der Waals surface area contributed by atoms with Crippen molar-refractivity contribution >= 4 is 23.9 Å². The van der Waals surface area contributed by atoms with E-state index in [9.17, 15) is 24.3 Å². The summed E-state index contributed by atoms with van der Waals surface area (Å²) < 4.78 is 10.9. The second-order valence-electron chi connectivity index (χ2n) is 10.9. The van der Waals surface area contributed by atoms with Crippen molar-refractivity contribution in [2.45, 2.75) is 69.2 Å². The molecule has 0 saturated heterocycles. The molecule has 3 amide bonds. The van der Waals surface area contributed by atoms with E-state index < -0.39 is 35.6 Å². The average molecular weight is 578 g/mol. The van der Waals surface area contributed by atoms with Crippen LogP contribution >= 0.6 is 0 Å². The Morgan fingerprint density at radius 3 is 2.33 bits per heavy atom. The largest absolute Gasteiger partial charge is 0.462 e. The van der Waals surface area contributed by atoms with Gasteiger partial charge in [-0.3, -0.25) is 9.59 Å². The highest BCUT2D eigenvalue weighted by atomic mass is 16.6. The van der Waals surface area contributed by atoms with Gasteiger partial charge < -0.3 is 30.5 Å². The summed E-state index contributed by atoms with van der Waals surface area (Å²) in [7, 11) is 0. The Hall–Kier alpha value is -4.18. The number of ether oxygens (including phenoxy) is 2. The molecule has 1 aliphatic heterocycles. The molecule has 1 aliphatic carbocycles. The van der Waals surface area contributed by atoms with Gasteiger partial charge in [0.15, 0.2) is 0 Å². The van der Waals surface area contributed by atoms with Crippen molar-refractivity contribution in [1.29, 1.82) is 0 Å². The number of carbonyl (C=O) groups excluding carboxylic acids is 4. The van der Waals surface area contributed by atoms with E-state index in [-0.39, 0.29) is 50.9 Å². The van der Waals surface area contributed by atoms with Gasteiger partial charge in [0.2, 0.25) is 11.8 Å². The van der Waals surface area contributed by atoms with Gasteiger partial charge in [-0.2, -0.15) is 0 Å². The average Bonchev–Trinajstić information content (AvgIpc) is 3.47. The molecule has 1 saturated carbocycles. The lowest BCUT2D eigenvalue weighted by atomic mass is 9.94. The zero-order valence-electron chi connectivity index (χ0n) is 23.6. The number of allylic oxidation sites excluding steroid dienone is 1. The normalized spacial score (nSPS) is 22.5. The van der Waals surface area contributed by atoms with Gasteiger partial charge in [-0.1, -0.05) is 85.7 Å². The Kier molecular flexibility index (Phi) is 11.1. The summed E-state index contributed by atoms with van der Waals surface area (Å²) in [6.45, 7) is -0.255. The Morgan fingerprint density at radius 1 is 0.976 bits per heavy atom. The topological polar surface area (TPSA) is 143 Å². The lowest BCUT2D eigenvalue weighted by molar-refractivity contribution is -0.147. The number of aliphatic hydroxyl groups excluding tert-OH is 1. The fourth-order valence-corrected chi connectivity index (χ4v) is 5.30. The molecule has 0 bridgehead atoms. The monoisotopic (exact) mass is 577 g/mol. The quantitative estimate of drug-likeness (QED) is 0.278. The Bertz CT molecular complexity index is 1230. The summed E-state index contributed by atoms with van der Waals surface area (Å²) in [4.78, 5) is 52.0. The molecule has 4 rings (SSSR count). The van der Waals surface area contributed by atoms with Crippen LogP contribution in [0.4, 0.5) is 4.79 Å². The SMILES string of the molecule is O=C(C[C@H]1CC=CC[C@@H](NC(=O)OCc2ccccc2)C(=O)OC[C@H](c2ccccc2)NC1=O)NC1(CO)CCCC1. The third-order valence-electron chi connectivity index (χ3n) is 7.73. The number of carbonyl (C=O) groups is 4. The molecule has 1 fully saturated rings. The van der Waals surface area contributed by atoms with Gasteiger partial charge in [0.1, 0.15) is 19.3 Å². The first kappa shape index (κ1) is 30.8. The number of hydrogen-bond acceptors (Lipinski definition) is 7. The van der Waals surface area contributed by atoms with Gasteiger partial charge in [0.05, 0.1) is 24.1 Å². The van der Waals surface area contributed by atoms with Gasteiger partial charge >= 0.3 is 12.1 Å². The van der Waals surface area contributed by atoms with Crippen molar-refractivity contribution in [2.75, 3.05) is 13.2 Å². The number of nitrogens with one attached hydrogen (secondary N) is 3. The zero-order chi connectivity index (χ0) is 29.8. The third-order valence-corrected chi connectivity index (χ3v) is 7.73. The molecule has 1 heterocycles. The van der Waals surface area contributed by atoms with Crippen LogP contribution < -0.4 is 16.0 Å². The van der Waals surface area contributed by atoms with Crippen molar-refractivity contribution in [3.8, 4) is 0 Å². The number of esters is 1. The molecular weight excluding hydrogens is 538 g/mol. The molecule has 2 aromatic carbocycles. The Balaban J connectivity index is 1.47. The van der Waals surface area contributed by atoms with Crippen LogP contribution in [0.5, 0.6) is 0 Å². The second kappa shape index (κ2) is 15.2. The van der Waals surface area contributed by atoms with Gasteiger partial charge in [-0.05, 0) is 36.8 Å². The maximum atomic E-state index is 13.4. The zero-order valence-corrected chi connectivity index (χ0v) is 23.6. The predicted octanol–water partition coefficient (Wildman–Crippen LogP) is 3.46. The number of cyclic esters (lactones) is 1. The molecule has 0 spiro atoms. The van der Waals surface area contributed by atoms with Crippen LogP contribution in [-0.4, -0.2) is 53.8 Å². The van der Waals surface area contributed by atoms with E-state index in [1.807, 2.05) is 60.7 Å². The number of hydrogen-bond donors (Lipinski definition) is 4. The Morgan fingerprint density at radius 2 is 1.64 bits per heavy atom. The van der Waals surface area contributed by atoms with Crippen LogP contribution in [-0.2, 0) is 30.5 Å². The summed E-state index contributed by atoms with van der Waals surface area (Å²) in [5.74, 6) is -1.99. The molecule has 2 aromatic rings. The number of aliphatic hydroxyl groups is 1. The third kappa shape index (κ3) is 8.91. The van der Waals surface area contributed by atoms with Gasteiger partial charge in [-0.15, -0.1) is 0 Å². The van der Waals surface area contributed by atoms with Crippen LogP contribution in [0.15, 0.2) is 72.8 Å². The van der Waals surface area contributed by atoms with Crippen LogP contribution in [0, 0.1) is 5.92 Å². The van der Waals surface area contributed by atoms with Gasteiger partial charge in [-0.25, -0.2) is 9.59 Å². The second-order valence-corrected chi connectivity index (χ2v) is 10.9. The number of amides is 3. The highest BCUT2D eigenvalue weighted by Crippen LogP contribution is 2.29. The standard InChI is InChI=1S/C32H39N3O7/c36-22-32(17-9-10-18-32)35-28(37)19-25-15-7-8-16-26(34-31(40)42-20-23-11-3-1-4-12-23)30(39)41-21-27(33-29(25)38)24-13-5-2-6-14-24/h1-8,11-14,25-27,36H,9-10,15-22H2,(H,33,38)(H,34,40)(H,35,37)/t25-,26-,27-/m1/s1. The summed E-state index contributed by atoms with van der Waals surface area (Å²) >= 11 is 0. The molecule has 0 radical (unpaired) electrons. The fraction of sp³-hybridized carbons (Fsp3) is 0.438.